The number of fused-ring (bicyclic) bond motifs is 2. The normalized spacial score (nSPS) is 11.8. The maximum absolute atomic E-state index is 14.4. The molecular formula is C28H16F5N3O3. The molecule has 0 unspecified atom stereocenters. The van der Waals surface area contributed by atoms with Crippen LogP contribution in [0.2, 0.25) is 0 Å². The SMILES string of the molecule is Fc1cccc2c(N(Cc3cccc(Oc4cccc(C(F)(F)F)c4)c3)c3noc4c(F)cccc34)noc12. The fraction of sp³-hybridized carbons (Fsp3) is 0.0714. The average Bonchev–Trinajstić information content (AvgIpc) is 3.54. The van der Waals surface area contributed by atoms with Crippen molar-refractivity contribution in [3.05, 3.63) is 108 Å². The van der Waals surface area contributed by atoms with E-state index in [0.29, 0.717) is 16.3 Å². The number of hydrogen-bond acceptors (Lipinski definition) is 6. The third kappa shape index (κ3) is 4.63. The van der Waals surface area contributed by atoms with E-state index in [9.17, 15) is 22.0 Å². The maximum Gasteiger partial charge on any atom is 0.416 e. The first-order chi connectivity index (χ1) is 18.8. The highest BCUT2D eigenvalue weighted by Crippen LogP contribution is 2.38. The Labute approximate surface area is 216 Å². The number of halogens is 5. The van der Waals surface area contributed by atoms with Gasteiger partial charge in [-0.15, -0.1) is 0 Å². The first-order valence-electron chi connectivity index (χ1n) is 11.6. The zero-order valence-corrected chi connectivity index (χ0v) is 19.7. The standard InChI is InChI=1S/C28H16F5N3O3/c29-22-11-3-9-20-24(22)38-34-26(20)36(27-21-10-4-12-23(30)25(21)39-35-27)15-16-5-1-7-18(13-16)37-19-8-2-6-17(14-19)28(31,32)33/h1-14H,15H2. The Kier molecular flexibility index (Phi) is 5.90. The van der Waals surface area contributed by atoms with Crippen LogP contribution < -0.4 is 9.64 Å². The third-order valence-electron chi connectivity index (χ3n) is 6.01. The Morgan fingerprint density at radius 3 is 1.82 bits per heavy atom. The highest BCUT2D eigenvalue weighted by Gasteiger charge is 2.31. The Morgan fingerprint density at radius 1 is 0.692 bits per heavy atom. The van der Waals surface area contributed by atoms with Crippen LogP contribution in [0.1, 0.15) is 11.1 Å². The first-order valence-corrected chi connectivity index (χ1v) is 11.6. The Hall–Kier alpha value is -4.93. The summed E-state index contributed by atoms with van der Waals surface area (Å²) in [6.45, 7) is 0.0656. The number of aromatic nitrogens is 2. The van der Waals surface area contributed by atoms with Gasteiger partial charge in [0.25, 0.3) is 0 Å². The molecule has 0 radical (unpaired) electrons. The minimum Gasteiger partial charge on any atom is -0.457 e. The van der Waals surface area contributed by atoms with Gasteiger partial charge in [-0.2, -0.15) is 13.2 Å². The topological polar surface area (TPSA) is 64.5 Å². The van der Waals surface area contributed by atoms with Crippen LogP contribution in [0.15, 0.2) is 94.0 Å². The molecule has 6 rings (SSSR count). The number of para-hydroxylation sites is 2. The fourth-order valence-corrected chi connectivity index (χ4v) is 4.23. The molecule has 0 saturated carbocycles. The number of alkyl halides is 3. The van der Waals surface area contributed by atoms with Gasteiger partial charge in [-0.25, -0.2) is 8.78 Å². The van der Waals surface area contributed by atoms with Crippen LogP contribution in [0, 0.1) is 11.6 Å². The summed E-state index contributed by atoms with van der Waals surface area (Å²) in [6.07, 6.45) is -4.51. The molecule has 6 aromatic rings. The van der Waals surface area contributed by atoms with E-state index >= 15 is 0 Å². The molecule has 2 aromatic heterocycles. The van der Waals surface area contributed by atoms with Crippen molar-refractivity contribution in [3.63, 3.8) is 0 Å². The van der Waals surface area contributed by atoms with Gasteiger partial charge < -0.3 is 13.8 Å². The van der Waals surface area contributed by atoms with Crippen LogP contribution in [-0.4, -0.2) is 10.3 Å². The van der Waals surface area contributed by atoms with E-state index in [2.05, 4.69) is 10.3 Å². The van der Waals surface area contributed by atoms with E-state index < -0.39 is 23.4 Å². The molecule has 0 atom stereocenters. The van der Waals surface area contributed by atoms with Gasteiger partial charge in [-0.1, -0.05) is 40.6 Å². The summed E-state index contributed by atoms with van der Waals surface area (Å²) in [5.74, 6) is -0.535. The van der Waals surface area contributed by atoms with E-state index in [4.69, 9.17) is 13.8 Å². The summed E-state index contributed by atoms with van der Waals surface area (Å²) in [5.41, 5.74) is -0.353. The quantitative estimate of drug-likeness (QED) is 0.199. The van der Waals surface area contributed by atoms with E-state index in [1.165, 1.54) is 36.4 Å². The van der Waals surface area contributed by atoms with E-state index in [1.807, 2.05) is 0 Å². The molecule has 0 aliphatic heterocycles. The summed E-state index contributed by atoms with van der Waals surface area (Å²) >= 11 is 0. The molecule has 0 fully saturated rings. The molecule has 0 aliphatic carbocycles. The van der Waals surface area contributed by atoms with Crippen molar-refractivity contribution in [3.8, 4) is 11.5 Å². The largest absolute Gasteiger partial charge is 0.457 e. The lowest BCUT2D eigenvalue weighted by Gasteiger charge is -2.20. The van der Waals surface area contributed by atoms with Crippen molar-refractivity contribution >= 4 is 33.6 Å². The summed E-state index contributed by atoms with van der Waals surface area (Å²) < 4.78 is 84.3. The predicted molar refractivity (Wildman–Crippen MR) is 132 cm³/mol. The summed E-state index contributed by atoms with van der Waals surface area (Å²) in [5, 5.41) is 8.81. The number of anilines is 2. The van der Waals surface area contributed by atoms with Gasteiger partial charge in [0.05, 0.1) is 22.9 Å². The lowest BCUT2D eigenvalue weighted by atomic mass is 10.1. The van der Waals surface area contributed by atoms with Crippen LogP contribution in [-0.2, 0) is 12.7 Å². The summed E-state index contributed by atoms with van der Waals surface area (Å²) in [4.78, 5) is 1.57. The third-order valence-corrected chi connectivity index (χ3v) is 6.01. The van der Waals surface area contributed by atoms with Gasteiger partial charge in [-0.05, 0) is 60.2 Å². The highest BCUT2D eigenvalue weighted by atomic mass is 19.4. The Morgan fingerprint density at radius 2 is 1.23 bits per heavy atom. The lowest BCUT2D eigenvalue weighted by Crippen LogP contribution is -2.17. The van der Waals surface area contributed by atoms with Crippen molar-refractivity contribution in [2.24, 2.45) is 0 Å². The maximum atomic E-state index is 14.4. The molecule has 0 spiro atoms. The first kappa shape index (κ1) is 24.4. The van der Waals surface area contributed by atoms with Gasteiger partial charge in [-0.3, -0.25) is 4.90 Å². The number of nitrogens with zero attached hydrogens (tertiary/aromatic N) is 3. The Balaban J connectivity index is 1.40. The molecule has 39 heavy (non-hydrogen) atoms. The van der Waals surface area contributed by atoms with Gasteiger partial charge in [0.2, 0.25) is 11.2 Å². The monoisotopic (exact) mass is 537 g/mol. The molecular weight excluding hydrogens is 521 g/mol. The fourth-order valence-electron chi connectivity index (χ4n) is 4.23. The lowest BCUT2D eigenvalue weighted by molar-refractivity contribution is -0.137. The second-order valence-electron chi connectivity index (χ2n) is 8.61. The van der Waals surface area contributed by atoms with Crippen LogP contribution in [0.5, 0.6) is 11.5 Å². The van der Waals surface area contributed by atoms with Crippen LogP contribution in [0.25, 0.3) is 21.9 Å². The molecule has 0 saturated heterocycles. The smallest absolute Gasteiger partial charge is 0.416 e. The van der Waals surface area contributed by atoms with Gasteiger partial charge in [0.1, 0.15) is 11.5 Å². The molecule has 11 heteroatoms. The molecule has 4 aromatic carbocycles. The van der Waals surface area contributed by atoms with Crippen molar-refractivity contribution in [1.29, 1.82) is 0 Å². The molecule has 0 N–H and O–H groups in total. The van der Waals surface area contributed by atoms with Crippen molar-refractivity contribution in [1.82, 2.24) is 10.3 Å². The second kappa shape index (κ2) is 9.43. The predicted octanol–water partition coefficient (Wildman–Crippen LogP) is 8.40. The summed E-state index contributed by atoms with van der Waals surface area (Å²) in [6, 6.07) is 19.9. The second-order valence-corrected chi connectivity index (χ2v) is 8.61. The van der Waals surface area contributed by atoms with Gasteiger partial charge in [0, 0.05) is 0 Å². The van der Waals surface area contributed by atoms with E-state index in [1.54, 1.807) is 41.3 Å². The molecule has 0 bridgehead atoms. The average molecular weight is 537 g/mol. The zero-order valence-electron chi connectivity index (χ0n) is 19.7. The van der Waals surface area contributed by atoms with Crippen molar-refractivity contribution < 1.29 is 35.7 Å². The van der Waals surface area contributed by atoms with Crippen molar-refractivity contribution in [2.75, 3.05) is 4.90 Å². The molecule has 196 valence electrons. The number of hydrogen-bond donors (Lipinski definition) is 0. The number of rotatable bonds is 6. The molecule has 0 aliphatic rings. The van der Waals surface area contributed by atoms with E-state index in [0.717, 1.165) is 12.1 Å². The van der Waals surface area contributed by atoms with E-state index in [-0.39, 0.29) is 40.8 Å². The van der Waals surface area contributed by atoms with Gasteiger partial charge >= 0.3 is 6.18 Å². The molecule has 6 nitrogen and oxygen atoms in total. The summed E-state index contributed by atoms with van der Waals surface area (Å²) in [7, 11) is 0. The van der Waals surface area contributed by atoms with Crippen LogP contribution >= 0.6 is 0 Å². The van der Waals surface area contributed by atoms with Crippen molar-refractivity contribution in [2.45, 2.75) is 12.7 Å². The van der Waals surface area contributed by atoms with Crippen LogP contribution in [0.4, 0.5) is 33.6 Å². The van der Waals surface area contributed by atoms with Crippen LogP contribution in [0.3, 0.4) is 0 Å². The number of benzene rings is 4. The Bertz CT molecular complexity index is 1730. The highest BCUT2D eigenvalue weighted by molar-refractivity contribution is 5.96. The minimum absolute atomic E-state index is 0.00905. The minimum atomic E-state index is -4.51. The van der Waals surface area contributed by atoms with Gasteiger partial charge in [0.15, 0.2) is 23.3 Å². The number of ether oxygens (including phenoxy) is 1. The molecule has 2 heterocycles. The molecule has 0 amide bonds. The zero-order chi connectivity index (χ0) is 27.1.